The maximum absolute atomic E-state index is 14.5. The maximum atomic E-state index is 14.5. The van der Waals surface area contributed by atoms with Gasteiger partial charge in [0.1, 0.15) is 6.04 Å². The van der Waals surface area contributed by atoms with Gasteiger partial charge in [0.05, 0.1) is 27.3 Å². The molecule has 5 atom stereocenters. The summed E-state index contributed by atoms with van der Waals surface area (Å²) in [5.74, 6) is -1.86. The SMILES string of the molecule is C[C@@]12C=CCN(c3ccccc3)C(=O)[C@@H]1[C@H]1C(=O)N(CCCCO)C3C(=O)N(c4ccccc4Cl)CC=C[C@@]31S2. The van der Waals surface area contributed by atoms with Crippen molar-refractivity contribution in [3.8, 4) is 0 Å². The summed E-state index contributed by atoms with van der Waals surface area (Å²) in [5.41, 5.74) is 1.38. The zero-order chi connectivity index (χ0) is 28.1. The minimum absolute atomic E-state index is 0.00558. The predicted octanol–water partition coefficient (Wildman–Crippen LogP) is 4.31. The van der Waals surface area contributed by atoms with Crippen LogP contribution in [0.1, 0.15) is 19.8 Å². The lowest BCUT2D eigenvalue weighted by Gasteiger charge is -2.37. The van der Waals surface area contributed by atoms with Gasteiger partial charge in [0, 0.05) is 36.7 Å². The van der Waals surface area contributed by atoms with Crippen molar-refractivity contribution in [2.75, 3.05) is 36.0 Å². The highest BCUT2D eigenvalue weighted by Gasteiger charge is 2.74. The maximum Gasteiger partial charge on any atom is 0.251 e. The Labute approximate surface area is 243 Å². The molecule has 1 N–H and O–H groups in total. The number of fused-ring (bicyclic) bond motifs is 2. The van der Waals surface area contributed by atoms with E-state index < -0.39 is 27.4 Å². The molecule has 1 spiro atoms. The second kappa shape index (κ2) is 10.4. The monoisotopic (exact) mass is 577 g/mol. The number of nitrogens with zero attached hydrogens (tertiary/aromatic N) is 3. The van der Waals surface area contributed by atoms with Gasteiger partial charge in [-0.05, 0) is 44.0 Å². The normalized spacial score (nSPS) is 31.2. The van der Waals surface area contributed by atoms with E-state index in [0.29, 0.717) is 43.2 Å². The number of hydrogen-bond acceptors (Lipinski definition) is 5. The zero-order valence-electron chi connectivity index (χ0n) is 22.3. The molecule has 208 valence electrons. The second-order valence-electron chi connectivity index (χ2n) is 10.9. The Bertz CT molecular complexity index is 1400. The van der Waals surface area contributed by atoms with Gasteiger partial charge in [-0.15, -0.1) is 11.8 Å². The fourth-order valence-corrected chi connectivity index (χ4v) is 9.28. The van der Waals surface area contributed by atoms with E-state index in [1.54, 1.807) is 32.5 Å². The van der Waals surface area contributed by atoms with Gasteiger partial charge in [-0.2, -0.15) is 0 Å². The molecule has 0 aliphatic carbocycles. The van der Waals surface area contributed by atoms with Gasteiger partial charge in [0.15, 0.2) is 0 Å². The Balaban J connectivity index is 1.47. The van der Waals surface area contributed by atoms with Crippen LogP contribution in [0.3, 0.4) is 0 Å². The number of benzene rings is 2. The molecule has 2 saturated heterocycles. The number of halogens is 1. The summed E-state index contributed by atoms with van der Waals surface area (Å²) in [6.45, 7) is 3.09. The first-order valence-corrected chi connectivity index (χ1v) is 14.9. The highest BCUT2D eigenvalue weighted by Crippen LogP contribution is 2.65. The summed E-state index contributed by atoms with van der Waals surface area (Å²) in [6.07, 6.45) is 9.10. The number of rotatable bonds is 6. The molecule has 2 fully saturated rings. The Morgan fingerprint density at radius 2 is 1.57 bits per heavy atom. The molecule has 7 nitrogen and oxygen atoms in total. The van der Waals surface area contributed by atoms with E-state index in [4.69, 9.17) is 11.6 Å². The number of para-hydroxylation sites is 2. The van der Waals surface area contributed by atoms with Crippen LogP contribution in [0.2, 0.25) is 5.02 Å². The smallest absolute Gasteiger partial charge is 0.251 e. The van der Waals surface area contributed by atoms with Crippen molar-refractivity contribution in [1.82, 2.24) is 4.90 Å². The predicted molar refractivity (Wildman–Crippen MR) is 158 cm³/mol. The molecule has 40 heavy (non-hydrogen) atoms. The van der Waals surface area contributed by atoms with Crippen LogP contribution in [-0.4, -0.2) is 69.5 Å². The minimum Gasteiger partial charge on any atom is -0.396 e. The van der Waals surface area contributed by atoms with Gasteiger partial charge < -0.3 is 19.8 Å². The molecule has 2 aromatic carbocycles. The third-order valence-corrected chi connectivity index (χ3v) is 10.7. The van der Waals surface area contributed by atoms with Gasteiger partial charge in [-0.3, -0.25) is 14.4 Å². The van der Waals surface area contributed by atoms with Crippen molar-refractivity contribution >= 4 is 52.5 Å². The first kappa shape index (κ1) is 27.1. The molecule has 0 aromatic heterocycles. The van der Waals surface area contributed by atoms with Crippen molar-refractivity contribution in [3.63, 3.8) is 0 Å². The van der Waals surface area contributed by atoms with Gasteiger partial charge in [-0.1, -0.05) is 66.2 Å². The second-order valence-corrected chi connectivity index (χ2v) is 13.1. The van der Waals surface area contributed by atoms with Crippen LogP contribution in [0, 0.1) is 11.8 Å². The summed E-state index contributed by atoms with van der Waals surface area (Å²) in [6, 6.07) is 15.9. The van der Waals surface area contributed by atoms with E-state index in [9.17, 15) is 19.5 Å². The lowest BCUT2D eigenvalue weighted by molar-refractivity contribution is -0.139. The Kier molecular flexibility index (Phi) is 7.05. The van der Waals surface area contributed by atoms with Crippen molar-refractivity contribution in [1.29, 1.82) is 0 Å². The van der Waals surface area contributed by atoms with Crippen LogP contribution in [0.4, 0.5) is 11.4 Å². The minimum atomic E-state index is -0.928. The van der Waals surface area contributed by atoms with Crippen molar-refractivity contribution < 1.29 is 19.5 Å². The largest absolute Gasteiger partial charge is 0.396 e. The molecule has 4 aliphatic heterocycles. The van der Waals surface area contributed by atoms with E-state index in [-0.39, 0.29) is 24.3 Å². The highest BCUT2D eigenvalue weighted by atomic mass is 35.5. The van der Waals surface area contributed by atoms with Gasteiger partial charge >= 0.3 is 0 Å². The van der Waals surface area contributed by atoms with E-state index in [1.165, 1.54) is 0 Å². The highest BCUT2D eigenvalue weighted by molar-refractivity contribution is 8.02. The molecule has 6 rings (SSSR count). The number of anilines is 2. The Morgan fingerprint density at radius 1 is 0.875 bits per heavy atom. The van der Waals surface area contributed by atoms with Crippen molar-refractivity contribution in [2.24, 2.45) is 11.8 Å². The van der Waals surface area contributed by atoms with Crippen LogP contribution in [0.15, 0.2) is 78.9 Å². The molecule has 4 heterocycles. The number of carbonyl (C=O) groups excluding carboxylic acids is 3. The molecule has 3 amide bonds. The quantitative estimate of drug-likeness (QED) is 0.409. The van der Waals surface area contributed by atoms with E-state index in [1.807, 2.05) is 73.7 Å². The molecule has 1 unspecified atom stereocenters. The first-order valence-electron chi connectivity index (χ1n) is 13.7. The molecular weight excluding hydrogens is 546 g/mol. The third kappa shape index (κ3) is 4.11. The van der Waals surface area contributed by atoms with E-state index in [2.05, 4.69) is 6.08 Å². The molecule has 4 aliphatic rings. The number of aliphatic hydroxyl groups is 1. The fourth-order valence-electron chi connectivity index (χ4n) is 6.88. The average molecular weight is 578 g/mol. The molecule has 0 saturated carbocycles. The number of carbonyl (C=O) groups is 3. The molecule has 0 radical (unpaired) electrons. The fraction of sp³-hybridized carbons (Fsp3) is 0.387. The number of thioether (sulfide) groups is 1. The summed E-state index contributed by atoms with van der Waals surface area (Å²) in [5, 5.41) is 9.90. The lowest BCUT2D eigenvalue weighted by Crippen LogP contribution is -2.53. The van der Waals surface area contributed by atoms with Crippen LogP contribution < -0.4 is 9.80 Å². The summed E-state index contributed by atoms with van der Waals surface area (Å²) >= 11 is 8.10. The number of unbranched alkanes of at least 4 members (excludes halogenated alkanes) is 1. The molecule has 0 bridgehead atoms. The number of hydrogen-bond donors (Lipinski definition) is 1. The van der Waals surface area contributed by atoms with E-state index >= 15 is 0 Å². The standard InChI is InChI=1S/C31H32ClN3O4S/c1-30-15-9-18-33(21-11-3-2-4-12-21)27(37)24(30)25-28(38)35(17-7-8-20-36)26-29(39)34(19-10-16-31(25,26)40-30)23-14-6-5-13-22(23)32/h2-6,9-16,24-26,36H,7-8,17-20H2,1H3/t24-,25-,26?,30+,31-/m0/s1. The summed E-state index contributed by atoms with van der Waals surface area (Å²) in [7, 11) is 0. The van der Waals surface area contributed by atoms with E-state index in [0.717, 1.165) is 5.69 Å². The summed E-state index contributed by atoms with van der Waals surface area (Å²) < 4.78 is -1.61. The number of likely N-dealkylation sites (tertiary alicyclic amines) is 1. The first-order chi connectivity index (χ1) is 19.3. The average Bonchev–Trinajstić information content (AvgIpc) is 3.21. The van der Waals surface area contributed by atoms with Gasteiger partial charge in [0.25, 0.3) is 5.91 Å². The molecule has 2 aromatic rings. The van der Waals surface area contributed by atoms with Crippen molar-refractivity contribution in [2.45, 2.75) is 35.3 Å². The third-order valence-electron chi connectivity index (χ3n) is 8.58. The number of amides is 3. The Hall–Kier alpha value is -3.07. The number of aliphatic hydroxyl groups excluding tert-OH is 1. The summed E-state index contributed by atoms with van der Waals surface area (Å²) in [4.78, 5) is 48.4. The topological polar surface area (TPSA) is 81.2 Å². The van der Waals surface area contributed by atoms with Crippen molar-refractivity contribution in [3.05, 3.63) is 83.9 Å². The zero-order valence-corrected chi connectivity index (χ0v) is 23.9. The Morgan fingerprint density at radius 3 is 2.33 bits per heavy atom. The van der Waals surface area contributed by atoms with Crippen LogP contribution in [0.25, 0.3) is 0 Å². The lowest BCUT2D eigenvalue weighted by atomic mass is 9.74. The molecule has 9 heteroatoms. The van der Waals surface area contributed by atoms with Crippen LogP contribution >= 0.6 is 23.4 Å². The molecular formula is C31H32ClN3O4S. The van der Waals surface area contributed by atoms with Gasteiger partial charge in [-0.25, -0.2) is 0 Å². The van der Waals surface area contributed by atoms with Crippen LogP contribution in [-0.2, 0) is 14.4 Å². The van der Waals surface area contributed by atoms with Crippen LogP contribution in [0.5, 0.6) is 0 Å². The van der Waals surface area contributed by atoms with Gasteiger partial charge in [0.2, 0.25) is 11.8 Å².